The maximum absolute atomic E-state index is 11.4. The van der Waals surface area contributed by atoms with Crippen molar-refractivity contribution in [2.24, 2.45) is 0 Å². The van der Waals surface area contributed by atoms with E-state index >= 15 is 0 Å². The molecule has 0 aromatic carbocycles. The zero-order valence-corrected chi connectivity index (χ0v) is 9.92. The molecule has 0 aliphatic heterocycles. The normalized spacial score (nSPS) is 13.7. The molecule has 0 saturated heterocycles. The van der Waals surface area contributed by atoms with Crippen molar-refractivity contribution in [3.8, 4) is 0 Å². The molecule has 1 atom stereocenters. The number of hydrogen-bond acceptors (Lipinski definition) is 3. The highest BCUT2D eigenvalue weighted by Gasteiger charge is 2.14. The number of hydrogen-bond donors (Lipinski definition) is 1. The molecule has 0 saturated carbocycles. The first kappa shape index (κ1) is 12.4. The highest BCUT2D eigenvalue weighted by molar-refractivity contribution is 7.89. The minimum Gasteiger partial charge on any atom is -0.265 e. The van der Waals surface area contributed by atoms with Gasteiger partial charge in [0.25, 0.3) is 0 Å². The molecule has 1 aromatic heterocycles. The number of halogens is 1. The summed E-state index contributed by atoms with van der Waals surface area (Å²) >= 11 is 5.39. The average Bonchev–Trinajstić information content (AvgIpc) is 2.18. The topological polar surface area (TPSA) is 59.1 Å². The first-order valence-corrected chi connectivity index (χ1v) is 6.70. The van der Waals surface area contributed by atoms with E-state index in [1.54, 1.807) is 31.5 Å². The second-order valence-electron chi connectivity index (χ2n) is 3.13. The molecule has 0 bridgehead atoms. The maximum atomic E-state index is 11.4. The lowest BCUT2D eigenvalue weighted by Gasteiger charge is -2.13. The van der Waals surface area contributed by atoms with Crippen molar-refractivity contribution >= 4 is 21.6 Å². The van der Waals surface area contributed by atoms with Crippen molar-refractivity contribution in [2.75, 3.05) is 11.6 Å². The van der Waals surface area contributed by atoms with Crippen molar-refractivity contribution in [3.63, 3.8) is 0 Å². The zero-order chi connectivity index (χ0) is 11.3. The highest BCUT2D eigenvalue weighted by Crippen LogP contribution is 2.11. The van der Waals surface area contributed by atoms with Crippen LogP contribution >= 0.6 is 11.6 Å². The van der Waals surface area contributed by atoms with Crippen LogP contribution < -0.4 is 4.72 Å². The van der Waals surface area contributed by atoms with E-state index in [-0.39, 0.29) is 17.7 Å². The molecule has 0 spiro atoms. The smallest absolute Gasteiger partial charge is 0.213 e. The summed E-state index contributed by atoms with van der Waals surface area (Å²) in [6.45, 7) is 1.78. The van der Waals surface area contributed by atoms with Crippen LogP contribution in [0.2, 0.25) is 0 Å². The molecule has 15 heavy (non-hydrogen) atoms. The molecule has 0 radical (unpaired) electrons. The minimum atomic E-state index is -3.28. The van der Waals surface area contributed by atoms with Gasteiger partial charge < -0.3 is 0 Å². The van der Waals surface area contributed by atoms with E-state index in [1.165, 1.54) is 0 Å². The van der Waals surface area contributed by atoms with Gasteiger partial charge in [-0.25, -0.2) is 13.1 Å². The highest BCUT2D eigenvalue weighted by atomic mass is 35.5. The third-order valence-corrected chi connectivity index (χ3v) is 3.78. The molecule has 0 fully saturated rings. The Hall–Kier alpha value is -0.650. The summed E-state index contributed by atoms with van der Waals surface area (Å²) in [5.41, 5.74) is 0.878. The number of rotatable bonds is 5. The molecule has 0 aliphatic rings. The predicted molar refractivity (Wildman–Crippen MR) is 60.3 cm³/mol. The molecule has 0 amide bonds. The molecule has 4 nitrogen and oxygen atoms in total. The lowest BCUT2D eigenvalue weighted by atomic mass is 10.1. The molecular formula is C9H13ClN2O2S. The average molecular weight is 249 g/mol. The summed E-state index contributed by atoms with van der Waals surface area (Å²) in [5, 5.41) is 0. The molecule has 1 heterocycles. The van der Waals surface area contributed by atoms with Gasteiger partial charge in [0, 0.05) is 24.3 Å². The monoisotopic (exact) mass is 248 g/mol. The Balaban J connectivity index is 2.68. The van der Waals surface area contributed by atoms with Crippen molar-refractivity contribution in [2.45, 2.75) is 13.0 Å². The van der Waals surface area contributed by atoms with E-state index in [0.29, 0.717) is 0 Å². The third-order valence-electron chi connectivity index (χ3n) is 1.91. The van der Waals surface area contributed by atoms with Crippen LogP contribution in [0.3, 0.4) is 0 Å². The molecule has 1 N–H and O–H groups in total. The van der Waals surface area contributed by atoms with Gasteiger partial charge in [-0.05, 0) is 24.6 Å². The van der Waals surface area contributed by atoms with Gasteiger partial charge in [0.15, 0.2) is 0 Å². The van der Waals surface area contributed by atoms with E-state index in [9.17, 15) is 8.42 Å². The van der Waals surface area contributed by atoms with Gasteiger partial charge in [-0.2, -0.15) is 0 Å². The van der Waals surface area contributed by atoms with Crippen LogP contribution in [-0.4, -0.2) is 25.0 Å². The molecule has 6 heteroatoms. The van der Waals surface area contributed by atoms with Crippen molar-refractivity contribution in [1.82, 2.24) is 9.71 Å². The number of pyridine rings is 1. The summed E-state index contributed by atoms with van der Waals surface area (Å²) in [6.07, 6.45) is 3.25. The summed E-state index contributed by atoms with van der Waals surface area (Å²) in [4.78, 5) is 3.86. The SMILES string of the molecule is C[C@@H](NS(=O)(=O)CCCl)c1ccncc1. The summed E-state index contributed by atoms with van der Waals surface area (Å²) in [5.74, 6) is 0.0301. The Labute approximate surface area is 94.7 Å². The third kappa shape index (κ3) is 4.15. The van der Waals surface area contributed by atoms with E-state index < -0.39 is 10.0 Å². The Kier molecular flexibility index (Phi) is 4.50. The largest absolute Gasteiger partial charge is 0.265 e. The second-order valence-corrected chi connectivity index (χ2v) is 5.38. The Morgan fingerprint density at radius 1 is 1.47 bits per heavy atom. The molecule has 84 valence electrons. The molecule has 1 aromatic rings. The predicted octanol–water partition coefficient (Wildman–Crippen LogP) is 1.30. The second kappa shape index (κ2) is 5.44. The van der Waals surface area contributed by atoms with E-state index in [1.807, 2.05) is 0 Å². The van der Waals surface area contributed by atoms with Gasteiger partial charge in [0.1, 0.15) is 0 Å². The molecule has 0 unspecified atom stereocenters. The number of sulfonamides is 1. The van der Waals surface area contributed by atoms with E-state index in [0.717, 1.165) is 5.56 Å². The lowest BCUT2D eigenvalue weighted by Crippen LogP contribution is -2.29. The fourth-order valence-corrected chi connectivity index (χ4v) is 2.76. The van der Waals surface area contributed by atoms with Crippen LogP contribution in [0, 0.1) is 0 Å². The fraction of sp³-hybridized carbons (Fsp3) is 0.444. The molecule has 0 aliphatic carbocycles. The van der Waals surface area contributed by atoms with Crippen LogP contribution in [0.1, 0.15) is 18.5 Å². The van der Waals surface area contributed by atoms with E-state index in [2.05, 4.69) is 9.71 Å². The van der Waals surface area contributed by atoms with Crippen molar-refractivity contribution in [3.05, 3.63) is 30.1 Å². The van der Waals surface area contributed by atoms with Gasteiger partial charge >= 0.3 is 0 Å². The summed E-state index contributed by atoms with van der Waals surface area (Å²) < 4.78 is 25.3. The standard InChI is InChI=1S/C9H13ClN2O2S/c1-8(9-2-5-11-6-3-9)12-15(13,14)7-4-10/h2-3,5-6,8,12H,4,7H2,1H3/t8-/m1/s1. The van der Waals surface area contributed by atoms with Gasteiger partial charge in [-0.15, -0.1) is 11.6 Å². The fourth-order valence-electron chi connectivity index (χ4n) is 1.15. The number of nitrogens with zero attached hydrogens (tertiary/aromatic N) is 1. The quantitative estimate of drug-likeness (QED) is 0.799. The number of alkyl halides is 1. The van der Waals surface area contributed by atoms with Crippen molar-refractivity contribution < 1.29 is 8.42 Å². The van der Waals surface area contributed by atoms with Crippen LogP contribution in [-0.2, 0) is 10.0 Å². The van der Waals surface area contributed by atoms with Gasteiger partial charge in [0.2, 0.25) is 10.0 Å². The van der Waals surface area contributed by atoms with Crippen molar-refractivity contribution in [1.29, 1.82) is 0 Å². The Morgan fingerprint density at radius 3 is 2.60 bits per heavy atom. The van der Waals surface area contributed by atoms with E-state index in [4.69, 9.17) is 11.6 Å². The lowest BCUT2D eigenvalue weighted by molar-refractivity contribution is 0.568. The first-order valence-electron chi connectivity index (χ1n) is 4.51. The molecular weight excluding hydrogens is 236 g/mol. The van der Waals surface area contributed by atoms with Gasteiger partial charge in [0.05, 0.1) is 5.75 Å². The first-order chi connectivity index (χ1) is 7.05. The molecule has 1 rings (SSSR count). The summed E-state index contributed by atoms with van der Waals surface area (Å²) in [7, 11) is -3.28. The Morgan fingerprint density at radius 2 is 2.07 bits per heavy atom. The van der Waals surface area contributed by atoms with Crippen LogP contribution in [0.25, 0.3) is 0 Å². The van der Waals surface area contributed by atoms with Crippen LogP contribution in [0.4, 0.5) is 0 Å². The van der Waals surface area contributed by atoms with Crippen LogP contribution in [0.15, 0.2) is 24.5 Å². The van der Waals surface area contributed by atoms with Gasteiger partial charge in [-0.1, -0.05) is 0 Å². The minimum absolute atomic E-state index is 0.0655. The number of nitrogens with one attached hydrogen (secondary N) is 1. The zero-order valence-electron chi connectivity index (χ0n) is 8.35. The Bertz CT molecular complexity index is 394. The number of aromatic nitrogens is 1. The van der Waals surface area contributed by atoms with Crippen LogP contribution in [0.5, 0.6) is 0 Å². The van der Waals surface area contributed by atoms with Gasteiger partial charge in [-0.3, -0.25) is 4.98 Å². The maximum Gasteiger partial charge on any atom is 0.213 e. The summed E-state index contributed by atoms with van der Waals surface area (Å²) in [6, 6.07) is 3.28.